The minimum Gasteiger partial charge on any atom is -0.336 e. The average molecular weight is 294 g/mol. The van der Waals surface area contributed by atoms with Crippen LogP contribution in [0.25, 0.3) is 0 Å². The molecule has 1 atom stereocenters. The summed E-state index contributed by atoms with van der Waals surface area (Å²) in [5.41, 5.74) is 0. The van der Waals surface area contributed by atoms with E-state index in [0.717, 1.165) is 51.9 Å². The summed E-state index contributed by atoms with van der Waals surface area (Å²) < 4.78 is 0. The van der Waals surface area contributed by atoms with Crippen LogP contribution < -0.4 is 5.32 Å². The largest absolute Gasteiger partial charge is 0.336 e. The minimum atomic E-state index is 0.0269. The molecule has 6 heteroatoms. The maximum atomic E-state index is 12.2. The third-order valence-electron chi connectivity index (χ3n) is 4.88. The highest BCUT2D eigenvalue weighted by molar-refractivity contribution is 5.77. The number of hydrogen-bond acceptors (Lipinski definition) is 2. The van der Waals surface area contributed by atoms with Gasteiger partial charge in [-0.2, -0.15) is 0 Å². The summed E-state index contributed by atoms with van der Waals surface area (Å²) in [4.78, 5) is 30.0. The molecule has 3 fully saturated rings. The predicted molar refractivity (Wildman–Crippen MR) is 80.1 cm³/mol. The van der Waals surface area contributed by atoms with Crippen molar-refractivity contribution in [2.45, 2.75) is 44.6 Å². The molecular weight excluding hydrogens is 268 g/mol. The maximum Gasteiger partial charge on any atom is 0.320 e. The van der Waals surface area contributed by atoms with Crippen molar-refractivity contribution in [2.75, 3.05) is 39.3 Å². The van der Waals surface area contributed by atoms with Gasteiger partial charge in [-0.1, -0.05) is 0 Å². The van der Waals surface area contributed by atoms with Crippen molar-refractivity contribution in [3.05, 3.63) is 0 Å². The maximum absolute atomic E-state index is 12.2. The fourth-order valence-electron chi connectivity index (χ4n) is 3.65. The third kappa shape index (κ3) is 3.24. The average Bonchev–Trinajstić information content (AvgIpc) is 2.85. The topological polar surface area (TPSA) is 55.9 Å². The summed E-state index contributed by atoms with van der Waals surface area (Å²) >= 11 is 0. The molecule has 3 heterocycles. The van der Waals surface area contributed by atoms with E-state index in [0.29, 0.717) is 19.1 Å². The normalized spacial score (nSPS) is 26.0. The number of urea groups is 2. The number of nitrogens with one attached hydrogen (secondary N) is 1. The molecule has 0 bridgehead atoms. The van der Waals surface area contributed by atoms with Gasteiger partial charge in [0, 0.05) is 39.3 Å². The molecular formula is C15H26N4O2. The Hall–Kier alpha value is -1.46. The lowest BCUT2D eigenvalue weighted by atomic mass is 10.0. The van der Waals surface area contributed by atoms with Crippen LogP contribution in [0.4, 0.5) is 9.59 Å². The zero-order valence-electron chi connectivity index (χ0n) is 12.7. The number of carbonyl (C=O) groups is 2. The molecule has 3 aliphatic rings. The molecule has 0 aliphatic carbocycles. The van der Waals surface area contributed by atoms with E-state index in [1.807, 2.05) is 14.7 Å². The van der Waals surface area contributed by atoms with Crippen LogP contribution in [-0.2, 0) is 0 Å². The highest BCUT2D eigenvalue weighted by atomic mass is 16.2. The van der Waals surface area contributed by atoms with Crippen LogP contribution in [-0.4, -0.2) is 72.1 Å². The van der Waals surface area contributed by atoms with Crippen LogP contribution in [0.15, 0.2) is 0 Å². The Labute approximate surface area is 126 Å². The second-order valence-corrected chi connectivity index (χ2v) is 6.35. The highest BCUT2D eigenvalue weighted by Gasteiger charge is 2.37. The number of fused-ring (bicyclic) bond motifs is 1. The van der Waals surface area contributed by atoms with E-state index < -0.39 is 0 Å². The van der Waals surface area contributed by atoms with Crippen LogP contribution in [0.1, 0.15) is 38.5 Å². The van der Waals surface area contributed by atoms with E-state index in [1.54, 1.807) is 0 Å². The van der Waals surface area contributed by atoms with Gasteiger partial charge >= 0.3 is 12.1 Å². The van der Waals surface area contributed by atoms with E-state index in [1.165, 1.54) is 12.8 Å². The van der Waals surface area contributed by atoms with Gasteiger partial charge in [0.15, 0.2) is 0 Å². The first kappa shape index (κ1) is 14.5. The van der Waals surface area contributed by atoms with Gasteiger partial charge in [0.1, 0.15) is 0 Å². The van der Waals surface area contributed by atoms with Crippen molar-refractivity contribution >= 4 is 12.1 Å². The van der Waals surface area contributed by atoms with Crippen LogP contribution in [0.5, 0.6) is 0 Å². The minimum absolute atomic E-state index is 0.0269. The molecule has 3 rings (SSSR count). The zero-order valence-corrected chi connectivity index (χ0v) is 12.7. The Kier molecular flexibility index (Phi) is 4.51. The molecule has 0 aromatic carbocycles. The molecule has 6 nitrogen and oxygen atoms in total. The van der Waals surface area contributed by atoms with Crippen LogP contribution in [0, 0.1) is 0 Å². The van der Waals surface area contributed by atoms with Crippen molar-refractivity contribution in [2.24, 2.45) is 0 Å². The zero-order chi connectivity index (χ0) is 14.7. The number of nitrogens with zero attached hydrogens (tertiary/aromatic N) is 3. The first-order chi connectivity index (χ1) is 10.3. The molecule has 118 valence electrons. The predicted octanol–water partition coefficient (Wildman–Crippen LogP) is 1.47. The van der Waals surface area contributed by atoms with Crippen LogP contribution >= 0.6 is 0 Å². The summed E-state index contributed by atoms with van der Waals surface area (Å²) in [6.45, 7) is 4.65. The number of likely N-dealkylation sites (tertiary alicyclic amines) is 1. The lowest BCUT2D eigenvalue weighted by Gasteiger charge is -2.27. The summed E-state index contributed by atoms with van der Waals surface area (Å²) in [5.74, 6) is 0. The third-order valence-corrected chi connectivity index (χ3v) is 4.88. The number of carbonyl (C=O) groups excluding carboxylic acids is 2. The molecule has 3 aliphatic heterocycles. The Morgan fingerprint density at radius 1 is 1.10 bits per heavy atom. The second kappa shape index (κ2) is 6.54. The highest BCUT2D eigenvalue weighted by Crippen LogP contribution is 2.24. The molecule has 0 radical (unpaired) electrons. The lowest BCUT2D eigenvalue weighted by Crippen LogP contribution is -2.45. The van der Waals surface area contributed by atoms with Crippen molar-refractivity contribution in [1.29, 1.82) is 0 Å². The number of amides is 4. The fourth-order valence-corrected chi connectivity index (χ4v) is 3.65. The molecule has 21 heavy (non-hydrogen) atoms. The van der Waals surface area contributed by atoms with Gasteiger partial charge in [-0.15, -0.1) is 0 Å². The molecule has 3 saturated heterocycles. The van der Waals surface area contributed by atoms with E-state index in [2.05, 4.69) is 5.32 Å². The fraction of sp³-hybridized carbons (Fsp3) is 0.867. The Morgan fingerprint density at radius 3 is 2.62 bits per heavy atom. The van der Waals surface area contributed by atoms with E-state index in [-0.39, 0.29) is 12.1 Å². The lowest BCUT2D eigenvalue weighted by molar-refractivity contribution is 0.173. The molecule has 1 N–H and O–H groups in total. The van der Waals surface area contributed by atoms with Crippen molar-refractivity contribution in [3.8, 4) is 0 Å². The Bertz CT molecular complexity index is 395. The first-order valence-corrected chi connectivity index (χ1v) is 8.34. The smallest absolute Gasteiger partial charge is 0.320 e. The van der Waals surface area contributed by atoms with E-state index >= 15 is 0 Å². The molecule has 4 amide bonds. The molecule has 0 spiro atoms. The molecule has 0 aromatic rings. The van der Waals surface area contributed by atoms with Gasteiger partial charge in [-0.3, -0.25) is 0 Å². The number of rotatable bonds is 3. The van der Waals surface area contributed by atoms with Gasteiger partial charge in [0.05, 0.1) is 6.04 Å². The SMILES string of the molecule is O=C(NCCN1CC2CCCCN2C1=O)N1CCCCC1. The van der Waals surface area contributed by atoms with E-state index in [9.17, 15) is 9.59 Å². The monoisotopic (exact) mass is 294 g/mol. The summed E-state index contributed by atoms with van der Waals surface area (Å²) in [7, 11) is 0. The van der Waals surface area contributed by atoms with Crippen molar-refractivity contribution in [1.82, 2.24) is 20.0 Å². The number of piperidine rings is 2. The van der Waals surface area contributed by atoms with Crippen LogP contribution in [0.2, 0.25) is 0 Å². The van der Waals surface area contributed by atoms with E-state index in [4.69, 9.17) is 0 Å². The van der Waals surface area contributed by atoms with Gasteiger partial charge in [-0.25, -0.2) is 9.59 Å². The summed E-state index contributed by atoms with van der Waals surface area (Å²) in [5, 5.41) is 2.96. The van der Waals surface area contributed by atoms with Crippen molar-refractivity contribution in [3.63, 3.8) is 0 Å². The number of hydrogen-bond donors (Lipinski definition) is 1. The van der Waals surface area contributed by atoms with Crippen LogP contribution in [0.3, 0.4) is 0 Å². The molecule has 0 saturated carbocycles. The van der Waals surface area contributed by atoms with Gasteiger partial charge in [-0.05, 0) is 38.5 Å². The van der Waals surface area contributed by atoms with Gasteiger partial charge in [0.2, 0.25) is 0 Å². The Morgan fingerprint density at radius 2 is 1.86 bits per heavy atom. The van der Waals surface area contributed by atoms with Gasteiger partial charge in [0.25, 0.3) is 0 Å². The quantitative estimate of drug-likeness (QED) is 0.857. The molecule has 1 unspecified atom stereocenters. The van der Waals surface area contributed by atoms with Gasteiger partial charge < -0.3 is 20.0 Å². The standard InChI is InChI=1S/C15H26N4O2/c20-14(17-8-3-1-4-9-17)16-7-11-18-12-13-6-2-5-10-19(13)15(18)21/h13H,1-12H2,(H,16,20). The molecule has 0 aromatic heterocycles. The first-order valence-electron chi connectivity index (χ1n) is 8.34. The summed E-state index contributed by atoms with van der Waals surface area (Å²) in [6.07, 6.45) is 6.92. The second-order valence-electron chi connectivity index (χ2n) is 6.35. The Balaban J connectivity index is 1.41. The summed E-state index contributed by atoms with van der Waals surface area (Å²) in [6, 6.07) is 0.593. The van der Waals surface area contributed by atoms with Crippen molar-refractivity contribution < 1.29 is 9.59 Å².